The van der Waals surface area contributed by atoms with Gasteiger partial charge in [-0.3, -0.25) is 4.98 Å². The first-order valence-corrected chi connectivity index (χ1v) is 7.78. The van der Waals surface area contributed by atoms with Gasteiger partial charge < -0.3 is 9.53 Å². The Morgan fingerprint density at radius 3 is 2.80 bits per heavy atom. The number of hydrogen-bond acceptors (Lipinski definition) is 3. The normalized spacial score (nSPS) is 28.6. The number of carbonyl (C=O) groups is 1. The third-order valence-corrected chi connectivity index (χ3v) is 5.11. The average Bonchev–Trinajstić information content (AvgIpc) is 2.94. The van der Waals surface area contributed by atoms with Crippen LogP contribution in [0.1, 0.15) is 57.1 Å². The number of hydrogen-bond donors (Lipinski definition) is 0. The number of rotatable bonds is 4. The van der Waals surface area contributed by atoms with Crippen LogP contribution >= 0.6 is 0 Å². The Morgan fingerprint density at radius 2 is 2.10 bits per heavy atom. The molecular formula is C17H23NO2. The lowest BCUT2D eigenvalue weighted by Gasteiger charge is -2.46. The zero-order chi connectivity index (χ0) is 13.9. The monoisotopic (exact) mass is 273 g/mol. The van der Waals surface area contributed by atoms with Gasteiger partial charge in [0.1, 0.15) is 6.29 Å². The van der Waals surface area contributed by atoms with E-state index in [2.05, 4.69) is 17.1 Å². The predicted molar refractivity (Wildman–Crippen MR) is 77.6 cm³/mol. The molecule has 0 amide bonds. The van der Waals surface area contributed by atoms with E-state index >= 15 is 0 Å². The molecule has 3 nitrogen and oxygen atoms in total. The lowest BCUT2D eigenvalue weighted by atomic mass is 9.67. The van der Waals surface area contributed by atoms with Crippen LogP contribution in [0, 0.1) is 0 Å². The summed E-state index contributed by atoms with van der Waals surface area (Å²) in [5.41, 5.74) is 1.24. The minimum Gasteiger partial charge on any atom is -0.375 e. The van der Waals surface area contributed by atoms with Crippen LogP contribution in [0.4, 0.5) is 0 Å². The largest absolute Gasteiger partial charge is 0.375 e. The van der Waals surface area contributed by atoms with Gasteiger partial charge in [0.05, 0.1) is 5.60 Å². The van der Waals surface area contributed by atoms with E-state index in [1.165, 1.54) is 25.7 Å². The molecule has 1 aliphatic carbocycles. The number of aldehydes is 1. The third kappa shape index (κ3) is 2.51. The van der Waals surface area contributed by atoms with Crippen LogP contribution < -0.4 is 0 Å². The molecule has 1 atom stereocenters. The molecule has 1 aromatic heterocycles. The predicted octanol–water partition coefficient (Wildman–Crippen LogP) is 3.42. The Labute approximate surface area is 120 Å². The Morgan fingerprint density at radius 1 is 1.25 bits per heavy atom. The maximum Gasteiger partial charge on any atom is 0.120 e. The number of carbonyl (C=O) groups excluding carboxylic acids is 1. The van der Waals surface area contributed by atoms with E-state index < -0.39 is 0 Å². The van der Waals surface area contributed by atoms with Gasteiger partial charge in [-0.15, -0.1) is 0 Å². The molecule has 1 aliphatic heterocycles. The van der Waals surface area contributed by atoms with E-state index in [0.717, 1.165) is 37.8 Å². The first-order valence-electron chi connectivity index (χ1n) is 7.78. The molecule has 1 saturated carbocycles. The van der Waals surface area contributed by atoms with Crippen molar-refractivity contribution in [3.05, 3.63) is 30.1 Å². The molecular weight excluding hydrogens is 250 g/mol. The highest BCUT2D eigenvalue weighted by Crippen LogP contribution is 2.49. The van der Waals surface area contributed by atoms with Crippen molar-refractivity contribution in [1.29, 1.82) is 0 Å². The van der Waals surface area contributed by atoms with Crippen molar-refractivity contribution in [2.75, 3.05) is 6.61 Å². The van der Waals surface area contributed by atoms with Crippen LogP contribution in [0.25, 0.3) is 0 Å². The SMILES string of the molecule is O=CCC[C@@]1(c2ccccn2)CCOC2(CCCC2)C1. The van der Waals surface area contributed by atoms with Gasteiger partial charge in [-0.05, 0) is 44.2 Å². The second-order valence-electron chi connectivity index (χ2n) is 6.37. The van der Waals surface area contributed by atoms with E-state index in [1.807, 2.05) is 12.3 Å². The summed E-state index contributed by atoms with van der Waals surface area (Å²) in [6, 6.07) is 6.14. The summed E-state index contributed by atoms with van der Waals surface area (Å²) in [7, 11) is 0. The number of ether oxygens (including phenoxy) is 1. The van der Waals surface area contributed by atoms with Gasteiger partial charge in [0, 0.05) is 30.3 Å². The van der Waals surface area contributed by atoms with Crippen molar-refractivity contribution in [2.24, 2.45) is 0 Å². The highest BCUT2D eigenvalue weighted by Gasteiger charge is 2.48. The molecule has 0 aromatic carbocycles. The van der Waals surface area contributed by atoms with Gasteiger partial charge in [-0.25, -0.2) is 0 Å². The second-order valence-corrected chi connectivity index (χ2v) is 6.37. The summed E-state index contributed by atoms with van der Waals surface area (Å²) < 4.78 is 6.17. The number of aromatic nitrogens is 1. The average molecular weight is 273 g/mol. The molecule has 3 rings (SSSR count). The zero-order valence-corrected chi connectivity index (χ0v) is 12.0. The quantitative estimate of drug-likeness (QED) is 0.789. The van der Waals surface area contributed by atoms with E-state index in [-0.39, 0.29) is 11.0 Å². The molecule has 2 aliphatic rings. The molecule has 1 spiro atoms. The molecule has 0 unspecified atom stereocenters. The molecule has 0 bridgehead atoms. The molecule has 0 N–H and O–H groups in total. The minimum absolute atomic E-state index is 0.0325. The van der Waals surface area contributed by atoms with Gasteiger partial charge in [-0.2, -0.15) is 0 Å². The Kier molecular flexibility index (Phi) is 3.88. The van der Waals surface area contributed by atoms with E-state index in [4.69, 9.17) is 4.74 Å². The van der Waals surface area contributed by atoms with Gasteiger partial charge >= 0.3 is 0 Å². The van der Waals surface area contributed by atoms with E-state index in [1.54, 1.807) is 0 Å². The van der Waals surface area contributed by atoms with Crippen molar-refractivity contribution >= 4 is 6.29 Å². The van der Waals surface area contributed by atoms with Crippen LogP contribution in [0.2, 0.25) is 0 Å². The van der Waals surface area contributed by atoms with Crippen LogP contribution in [0.5, 0.6) is 0 Å². The third-order valence-electron chi connectivity index (χ3n) is 5.11. The van der Waals surface area contributed by atoms with Crippen LogP contribution in [0.3, 0.4) is 0 Å². The standard InChI is InChI=1S/C17H23NO2/c19-12-5-7-16(15-6-1-4-11-18-15)10-13-20-17(14-16)8-2-3-9-17/h1,4,6,11-12H,2-3,5,7-10,13-14H2/t16-/m1/s1. The molecule has 2 heterocycles. The van der Waals surface area contributed by atoms with Crippen LogP contribution in [0.15, 0.2) is 24.4 Å². The number of nitrogens with zero attached hydrogens (tertiary/aromatic N) is 1. The molecule has 20 heavy (non-hydrogen) atoms. The maximum absolute atomic E-state index is 10.9. The minimum atomic E-state index is 0.0325. The van der Waals surface area contributed by atoms with Gasteiger partial charge in [0.15, 0.2) is 0 Å². The van der Waals surface area contributed by atoms with Gasteiger partial charge in [-0.1, -0.05) is 18.9 Å². The lowest BCUT2D eigenvalue weighted by Crippen LogP contribution is -2.46. The van der Waals surface area contributed by atoms with Crippen molar-refractivity contribution in [1.82, 2.24) is 4.98 Å². The van der Waals surface area contributed by atoms with Gasteiger partial charge in [0.2, 0.25) is 0 Å². The number of pyridine rings is 1. The van der Waals surface area contributed by atoms with Crippen molar-refractivity contribution in [3.8, 4) is 0 Å². The first-order chi connectivity index (χ1) is 9.79. The van der Waals surface area contributed by atoms with E-state index in [9.17, 15) is 4.79 Å². The highest BCUT2D eigenvalue weighted by atomic mass is 16.5. The van der Waals surface area contributed by atoms with Crippen LogP contribution in [-0.4, -0.2) is 23.5 Å². The fraction of sp³-hybridized carbons (Fsp3) is 0.647. The fourth-order valence-corrected chi connectivity index (χ4v) is 4.13. The first kappa shape index (κ1) is 13.7. The molecule has 1 aromatic rings. The zero-order valence-electron chi connectivity index (χ0n) is 12.0. The maximum atomic E-state index is 10.9. The summed E-state index contributed by atoms with van der Waals surface area (Å²) in [5, 5.41) is 0. The summed E-state index contributed by atoms with van der Waals surface area (Å²) in [4.78, 5) is 15.5. The highest BCUT2D eigenvalue weighted by molar-refractivity contribution is 5.49. The topological polar surface area (TPSA) is 39.2 Å². The molecule has 2 fully saturated rings. The Hall–Kier alpha value is -1.22. The molecule has 1 saturated heterocycles. The lowest BCUT2D eigenvalue weighted by molar-refractivity contribution is -0.113. The second kappa shape index (κ2) is 5.65. The summed E-state index contributed by atoms with van der Waals surface area (Å²) >= 11 is 0. The Balaban J connectivity index is 1.91. The Bertz CT molecular complexity index is 453. The molecule has 108 valence electrons. The smallest absolute Gasteiger partial charge is 0.120 e. The van der Waals surface area contributed by atoms with E-state index in [0.29, 0.717) is 6.42 Å². The fourth-order valence-electron chi connectivity index (χ4n) is 4.13. The van der Waals surface area contributed by atoms with Crippen molar-refractivity contribution in [3.63, 3.8) is 0 Å². The van der Waals surface area contributed by atoms with Crippen LogP contribution in [-0.2, 0) is 14.9 Å². The molecule has 3 heteroatoms. The molecule has 0 radical (unpaired) electrons. The van der Waals surface area contributed by atoms with Crippen molar-refractivity contribution in [2.45, 2.75) is 62.4 Å². The van der Waals surface area contributed by atoms with Crippen molar-refractivity contribution < 1.29 is 9.53 Å². The summed E-state index contributed by atoms with van der Waals surface area (Å²) in [6.07, 6.45) is 11.3. The summed E-state index contributed by atoms with van der Waals surface area (Å²) in [6.45, 7) is 0.801. The van der Waals surface area contributed by atoms with Gasteiger partial charge in [0.25, 0.3) is 0 Å². The summed E-state index contributed by atoms with van der Waals surface area (Å²) in [5.74, 6) is 0.